The first-order valence-electron chi connectivity index (χ1n) is 8.58. The lowest BCUT2D eigenvalue weighted by Crippen LogP contribution is -2.17. The Balaban J connectivity index is 1.62. The quantitative estimate of drug-likeness (QED) is 0.190. The normalized spacial score (nSPS) is 10.6. The molecule has 0 aromatic heterocycles. The minimum atomic E-state index is -0.546. The molecule has 0 bridgehead atoms. The smallest absolute Gasteiger partial charge is 0.344 e. The van der Waals surface area contributed by atoms with E-state index in [9.17, 15) is 19.7 Å². The fraction of sp³-hybridized carbons (Fsp3) is 0. The van der Waals surface area contributed by atoms with Gasteiger partial charge in [0, 0.05) is 22.2 Å². The van der Waals surface area contributed by atoms with Gasteiger partial charge in [0.05, 0.1) is 16.7 Å². The second-order valence-corrected chi connectivity index (χ2v) is 6.80. The van der Waals surface area contributed by atoms with Gasteiger partial charge in [-0.15, -0.1) is 0 Å². The summed E-state index contributed by atoms with van der Waals surface area (Å²) < 4.78 is 6.00. The topological polar surface area (TPSA) is 111 Å². The van der Waals surface area contributed by atoms with Crippen molar-refractivity contribution in [1.82, 2.24) is 5.43 Å². The third kappa shape index (κ3) is 5.36. The van der Waals surface area contributed by atoms with Gasteiger partial charge in [0.2, 0.25) is 0 Å². The predicted octanol–water partition coefficient (Wildman–Crippen LogP) is 4.34. The fourth-order valence-corrected chi connectivity index (χ4v) is 2.86. The highest BCUT2D eigenvalue weighted by Crippen LogP contribution is 2.19. The number of carbonyl (C=O) groups is 2. The SMILES string of the molecule is O=C(NN=Cc1cccc(OC(=O)c2ccccc2Br)c1)c1ccc([N+](=O)[O-])cc1. The first-order valence-corrected chi connectivity index (χ1v) is 9.38. The lowest BCUT2D eigenvalue weighted by Gasteiger charge is -2.06. The molecule has 0 heterocycles. The molecule has 0 spiro atoms. The fourth-order valence-electron chi connectivity index (χ4n) is 2.41. The molecule has 0 saturated carbocycles. The summed E-state index contributed by atoms with van der Waals surface area (Å²) in [7, 11) is 0. The minimum absolute atomic E-state index is 0.107. The highest BCUT2D eigenvalue weighted by atomic mass is 79.9. The molecule has 3 aromatic carbocycles. The first kappa shape index (κ1) is 20.9. The van der Waals surface area contributed by atoms with E-state index in [1.54, 1.807) is 48.5 Å². The van der Waals surface area contributed by atoms with Gasteiger partial charge in [-0.25, -0.2) is 10.2 Å². The molecule has 0 aliphatic carbocycles. The van der Waals surface area contributed by atoms with Crippen molar-refractivity contribution in [3.63, 3.8) is 0 Å². The summed E-state index contributed by atoms with van der Waals surface area (Å²) in [4.78, 5) is 34.4. The van der Waals surface area contributed by atoms with Crippen LogP contribution in [-0.2, 0) is 0 Å². The maximum Gasteiger partial charge on any atom is 0.344 e. The van der Waals surface area contributed by atoms with Crippen molar-refractivity contribution in [1.29, 1.82) is 0 Å². The number of ether oxygens (including phenoxy) is 1. The largest absolute Gasteiger partial charge is 0.423 e. The van der Waals surface area contributed by atoms with Crippen molar-refractivity contribution >= 4 is 39.7 Å². The Kier molecular flexibility index (Phi) is 6.66. The van der Waals surface area contributed by atoms with Crippen LogP contribution in [0.1, 0.15) is 26.3 Å². The van der Waals surface area contributed by atoms with E-state index in [1.807, 2.05) is 0 Å². The molecule has 9 heteroatoms. The lowest BCUT2D eigenvalue weighted by atomic mass is 10.2. The third-order valence-electron chi connectivity index (χ3n) is 3.88. The number of nitro groups is 1. The van der Waals surface area contributed by atoms with Gasteiger partial charge in [-0.3, -0.25) is 14.9 Å². The Bertz CT molecular complexity index is 1130. The number of benzene rings is 3. The summed E-state index contributed by atoms with van der Waals surface area (Å²) in [5, 5.41) is 14.5. The zero-order valence-electron chi connectivity index (χ0n) is 15.3. The van der Waals surface area contributed by atoms with Crippen LogP contribution in [0.4, 0.5) is 5.69 Å². The third-order valence-corrected chi connectivity index (χ3v) is 4.57. The molecule has 1 amide bonds. The number of halogens is 1. The van der Waals surface area contributed by atoms with Gasteiger partial charge in [-0.05, 0) is 57.9 Å². The molecular weight excluding hydrogens is 454 g/mol. The molecule has 3 rings (SSSR count). The van der Waals surface area contributed by atoms with E-state index in [-0.39, 0.29) is 11.3 Å². The van der Waals surface area contributed by atoms with Gasteiger partial charge >= 0.3 is 5.97 Å². The van der Waals surface area contributed by atoms with Crippen molar-refractivity contribution in [2.45, 2.75) is 0 Å². The van der Waals surface area contributed by atoms with Crippen molar-refractivity contribution in [3.05, 3.63) is 104 Å². The number of nitrogens with one attached hydrogen (secondary N) is 1. The van der Waals surface area contributed by atoms with Crippen LogP contribution in [-0.4, -0.2) is 23.0 Å². The second-order valence-electron chi connectivity index (χ2n) is 5.94. The maximum absolute atomic E-state index is 12.3. The number of nitrogens with zero attached hydrogens (tertiary/aromatic N) is 2. The molecule has 0 saturated heterocycles. The molecule has 150 valence electrons. The highest BCUT2D eigenvalue weighted by Gasteiger charge is 2.12. The Hall–Kier alpha value is -3.85. The van der Waals surface area contributed by atoms with Crippen molar-refractivity contribution in [3.8, 4) is 5.75 Å². The number of carbonyl (C=O) groups excluding carboxylic acids is 2. The van der Waals surface area contributed by atoms with Crippen LogP contribution in [0.2, 0.25) is 0 Å². The highest BCUT2D eigenvalue weighted by molar-refractivity contribution is 9.10. The summed E-state index contributed by atoms with van der Waals surface area (Å²) >= 11 is 3.31. The average Bonchev–Trinajstić information content (AvgIpc) is 2.74. The summed E-state index contributed by atoms with van der Waals surface area (Å²) in [6, 6.07) is 18.7. The zero-order valence-corrected chi connectivity index (χ0v) is 16.9. The first-order chi connectivity index (χ1) is 14.4. The predicted molar refractivity (Wildman–Crippen MR) is 114 cm³/mol. The van der Waals surface area contributed by atoms with Gasteiger partial charge in [0.1, 0.15) is 5.75 Å². The van der Waals surface area contributed by atoms with E-state index in [2.05, 4.69) is 26.5 Å². The van der Waals surface area contributed by atoms with Gasteiger partial charge in [-0.1, -0.05) is 24.3 Å². The summed E-state index contributed by atoms with van der Waals surface area (Å²) in [6.07, 6.45) is 1.39. The standard InChI is InChI=1S/C21H14BrN3O5/c22-19-7-2-1-6-18(19)21(27)30-17-5-3-4-14(12-17)13-23-24-20(26)15-8-10-16(11-9-15)25(28)29/h1-13H,(H,24,26). The van der Waals surface area contributed by atoms with Crippen molar-refractivity contribution in [2.24, 2.45) is 5.10 Å². The second kappa shape index (κ2) is 9.57. The molecule has 0 aliphatic heterocycles. The van der Waals surface area contributed by atoms with Gasteiger partial charge in [-0.2, -0.15) is 5.10 Å². The Morgan fingerprint density at radius 1 is 1.03 bits per heavy atom. The molecule has 0 atom stereocenters. The van der Waals surface area contributed by atoms with E-state index in [0.29, 0.717) is 21.3 Å². The number of hydrazone groups is 1. The Morgan fingerprint density at radius 2 is 1.77 bits per heavy atom. The van der Waals surface area contributed by atoms with Crippen LogP contribution in [0, 0.1) is 10.1 Å². The van der Waals surface area contributed by atoms with E-state index in [4.69, 9.17) is 4.74 Å². The van der Waals surface area contributed by atoms with Crippen LogP contribution in [0.15, 0.2) is 82.4 Å². The Morgan fingerprint density at radius 3 is 2.47 bits per heavy atom. The molecule has 30 heavy (non-hydrogen) atoms. The van der Waals surface area contributed by atoms with Crippen LogP contribution in [0.5, 0.6) is 5.75 Å². The number of nitro benzene ring substituents is 1. The number of non-ortho nitro benzene ring substituents is 1. The molecule has 8 nitrogen and oxygen atoms in total. The average molecular weight is 468 g/mol. The number of amides is 1. The molecular formula is C21H14BrN3O5. The number of hydrogen-bond acceptors (Lipinski definition) is 6. The van der Waals surface area contributed by atoms with Crippen molar-refractivity contribution in [2.75, 3.05) is 0 Å². The molecule has 0 aliphatic rings. The van der Waals surface area contributed by atoms with E-state index >= 15 is 0 Å². The van der Waals surface area contributed by atoms with Crippen LogP contribution in [0.3, 0.4) is 0 Å². The minimum Gasteiger partial charge on any atom is -0.423 e. The molecule has 3 aromatic rings. The number of esters is 1. The van der Waals surface area contributed by atoms with Crippen LogP contribution >= 0.6 is 15.9 Å². The summed E-state index contributed by atoms with van der Waals surface area (Å²) in [5.74, 6) is -0.706. The zero-order chi connectivity index (χ0) is 21.5. The van der Waals surface area contributed by atoms with Crippen LogP contribution in [0.25, 0.3) is 0 Å². The van der Waals surface area contributed by atoms with E-state index < -0.39 is 16.8 Å². The van der Waals surface area contributed by atoms with Gasteiger partial charge < -0.3 is 4.74 Å². The van der Waals surface area contributed by atoms with Gasteiger partial charge in [0.15, 0.2) is 0 Å². The number of hydrogen-bond donors (Lipinski definition) is 1. The monoisotopic (exact) mass is 467 g/mol. The molecule has 0 fully saturated rings. The van der Waals surface area contributed by atoms with E-state index in [1.165, 1.54) is 30.5 Å². The van der Waals surface area contributed by atoms with Crippen LogP contribution < -0.4 is 10.2 Å². The number of rotatable bonds is 6. The van der Waals surface area contributed by atoms with Crippen molar-refractivity contribution < 1.29 is 19.2 Å². The Labute approximate surface area is 179 Å². The van der Waals surface area contributed by atoms with Gasteiger partial charge in [0.25, 0.3) is 11.6 Å². The lowest BCUT2D eigenvalue weighted by molar-refractivity contribution is -0.384. The maximum atomic E-state index is 12.3. The molecule has 0 unspecified atom stereocenters. The molecule has 0 radical (unpaired) electrons. The van der Waals surface area contributed by atoms with E-state index in [0.717, 1.165) is 0 Å². The summed E-state index contributed by atoms with van der Waals surface area (Å²) in [6.45, 7) is 0. The summed E-state index contributed by atoms with van der Waals surface area (Å²) in [5.41, 5.74) is 3.45. The molecule has 1 N–H and O–H groups in total.